The zero-order valence-electron chi connectivity index (χ0n) is 11.6. The Hall–Kier alpha value is -1.64. The van der Waals surface area contributed by atoms with Crippen molar-refractivity contribution in [1.29, 1.82) is 0 Å². The minimum Gasteiger partial charge on any atom is -0.478 e. The van der Waals surface area contributed by atoms with Gasteiger partial charge in [-0.15, -0.1) is 0 Å². The third kappa shape index (κ3) is 4.42. The Morgan fingerprint density at radius 2 is 1.90 bits per heavy atom. The number of carboxylic acid groups (broad SMARTS) is 1. The molecule has 1 fully saturated rings. The van der Waals surface area contributed by atoms with E-state index in [1.54, 1.807) is 6.07 Å². The van der Waals surface area contributed by atoms with Crippen LogP contribution >= 0.6 is 15.9 Å². The Bertz CT molecular complexity index is 544. The fourth-order valence-electron chi connectivity index (χ4n) is 1.96. The number of aromatic carboxylic acids is 1. The minimum absolute atomic E-state index is 0.159. The van der Waals surface area contributed by atoms with Crippen LogP contribution in [0.25, 0.3) is 0 Å². The molecule has 1 aromatic carbocycles. The summed E-state index contributed by atoms with van der Waals surface area (Å²) in [5.74, 6) is -1.01. The predicted molar refractivity (Wildman–Crippen MR) is 82.3 cm³/mol. The van der Waals surface area contributed by atoms with Gasteiger partial charge >= 0.3 is 12.0 Å². The molecule has 0 aliphatic carbocycles. The van der Waals surface area contributed by atoms with Gasteiger partial charge in [-0.1, -0.05) is 0 Å². The Labute approximate surface area is 131 Å². The number of nitrogens with zero attached hydrogens (tertiary/aromatic N) is 2. The van der Waals surface area contributed by atoms with E-state index in [1.165, 1.54) is 12.1 Å². The third-order valence-corrected chi connectivity index (χ3v) is 3.88. The number of benzene rings is 1. The summed E-state index contributed by atoms with van der Waals surface area (Å²) in [6.07, 6.45) is 0. The largest absolute Gasteiger partial charge is 0.478 e. The average Bonchev–Trinajstić information content (AvgIpc) is 2.43. The topological polar surface area (TPSA) is 84.9 Å². The predicted octanol–water partition coefficient (Wildman–Crippen LogP) is 1.43. The van der Waals surface area contributed by atoms with E-state index >= 15 is 0 Å². The highest BCUT2D eigenvalue weighted by Gasteiger charge is 2.16. The summed E-state index contributed by atoms with van der Waals surface area (Å²) in [5.41, 5.74) is 3.45. The smallest absolute Gasteiger partial charge is 0.335 e. The van der Waals surface area contributed by atoms with Crippen molar-refractivity contribution in [3.05, 3.63) is 28.2 Å². The first kappa shape index (κ1) is 15.7. The molecular formula is C13H17BrN4O3. The number of rotatable bonds is 3. The quantitative estimate of drug-likeness (QED) is 0.762. The van der Waals surface area contributed by atoms with Crippen LogP contribution in [0.5, 0.6) is 0 Å². The van der Waals surface area contributed by atoms with Crippen LogP contribution < -0.4 is 10.7 Å². The maximum atomic E-state index is 11.9. The van der Waals surface area contributed by atoms with Crippen molar-refractivity contribution in [2.45, 2.75) is 0 Å². The lowest BCUT2D eigenvalue weighted by molar-refractivity contribution is 0.0697. The molecule has 0 spiro atoms. The molecule has 114 valence electrons. The fraction of sp³-hybridized carbons (Fsp3) is 0.385. The van der Waals surface area contributed by atoms with Gasteiger partial charge in [0.1, 0.15) is 0 Å². The molecule has 1 saturated heterocycles. The molecule has 0 atom stereocenters. The van der Waals surface area contributed by atoms with Gasteiger partial charge in [0.2, 0.25) is 0 Å². The number of carboxylic acids is 1. The summed E-state index contributed by atoms with van der Waals surface area (Å²) in [6, 6.07) is 4.10. The summed E-state index contributed by atoms with van der Waals surface area (Å²) < 4.78 is 0.524. The lowest BCUT2D eigenvalue weighted by Gasteiger charge is -2.32. The highest BCUT2D eigenvalue weighted by atomic mass is 79.9. The first-order valence-electron chi connectivity index (χ1n) is 6.49. The molecule has 0 aromatic heterocycles. The number of nitrogens with one attached hydrogen (secondary N) is 2. The zero-order chi connectivity index (χ0) is 15.4. The number of anilines is 1. The second-order valence-electron chi connectivity index (χ2n) is 4.86. The van der Waals surface area contributed by atoms with E-state index in [1.807, 2.05) is 12.1 Å². The van der Waals surface area contributed by atoms with Crippen LogP contribution in [0.1, 0.15) is 10.4 Å². The Kier molecular flexibility index (Phi) is 5.16. The first-order chi connectivity index (χ1) is 9.95. The molecule has 1 aliphatic rings. The SMILES string of the molecule is CN1CCN(NC(=O)Nc2ccc(C(=O)O)cc2Br)CC1. The molecule has 7 nitrogen and oxygen atoms in total. The standard InChI is InChI=1S/C13H17BrN4O3/c1-17-4-6-18(7-5-17)16-13(21)15-11-3-2-9(12(19)20)8-10(11)14/h2-3,8H,4-7H2,1H3,(H,19,20)(H2,15,16,21). The second kappa shape index (κ2) is 6.88. The van der Waals surface area contributed by atoms with E-state index in [0.29, 0.717) is 10.2 Å². The van der Waals surface area contributed by atoms with E-state index in [4.69, 9.17) is 5.11 Å². The minimum atomic E-state index is -1.01. The van der Waals surface area contributed by atoms with Crippen molar-refractivity contribution in [2.75, 3.05) is 38.5 Å². The molecule has 1 aromatic rings. The van der Waals surface area contributed by atoms with Gasteiger partial charge in [-0.2, -0.15) is 0 Å². The Balaban J connectivity index is 1.92. The van der Waals surface area contributed by atoms with Crippen LogP contribution in [-0.4, -0.2) is 60.2 Å². The molecule has 1 heterocycles. The van der Waals surface area contributed by atoms with Crippen LogP contribution in [0, 0.1) is 0 Å². The molecule has 21 heavy (non-hydrogen) atoms. The maximum Gasteiger partial charge on any atom is 0.335 e. The molecule has 2 amide bonds. The van der Waals surface area contributed by atoms with Crippen molar-refractivity contribution < 1.29 is 14.7 Å². The van der Waals surface area contributed by atoms with Crippen molar-refractivity contribution in [2.24, 2.45) is 0 Å². The number of hydrogen-bond acceptors (Lipinski definition) is 4. The van der Waals surface area contributed by atoms with Gasteiger partial charge in [-0.05, 0) is 41.2 Å². The van der Waals surface area contributed by atoms with Crippen LogP contribution in [0.2, 0.25) is 0 Å². The van der Waals surface area contributed by atoms with E-state index in [0.717, 1.165) is 26.2 Å². The number of carbonyl (C=O) groups excluding carboxylic acids is 1. The van der Waals surface area contributed by atoms with Crippen molar-refractivity contribution in [3.63, 3.8) is 0 Å². The third-order valence-electron chi connectivity index (χ3n) is 3.23. The monoisotopic (exact) mass is 356 g/mol. The number of hydrogen-bond donors (Lipinski definition) is 3. The highest BCUT2D eigenvalue weighted by molar-refractivity contribution is 9.10. The summed E-state index contributed by atoms with van der Waals surface area (Å²) >= 11 is 3.25. The summed E-state index contributed by atoms with van der Waals surface area (Å²) in [7, 11) is 2.04. The molecule has 3 N–H and O–H groups in total. The highest BCUT2D eigenvalue weighted by Crippen LogP contribution is 2.23. The van der Waals surface area contributed by atoms with E-state index in [2.05, 4.69) is 31.6 Å². The van der Waals surface area contributed by atoms with Gasteiger partial charge in [0, 0.05) is 30.7 Å². The molecule has 1 aliphatic heterocycles. The molecule has 2 rings (SSSR count). The Morgan fingerprint density at radius 1 is 1.24 bits per heavy atom. The van der Waals surface area contributed by atoms with Crippen LogP contribution in [0.3, 0.4) is 0 Å². The number of carbonyl (C=O) groups is 2. The van der Waals surface area contributed by atoms with Crippen LogP contribution in [0.15, 0.2) is 22.7 Å². The summed E-state index contributed by atoms with van der Waals surface area (Å²) in [4.78, 5) is 25.0. The number of urea groups is 1. The Morgan fingerprint density at radius 3 is 2.48 bits per heavy atom. The van der Waals surface area contributed by atoms with Crippen molar-refractivity contribution >= 4 is 33.6 Å². The molecule has 8 heteroatoms. The fourth-order valence-corrected chi connectivity index (χ4v) is 2.44. The lowest BCUT2D eigenvalue weighted by Crippen LogP contribution is -2.53. The van der Waals surface area contributed by atoms with Gasteiger partial charge in [-0.25, -0.2) is 14.6 Å². The number of halogens is 1. The maximum absolute atomic E-state index is 11.9. The molecule has 0 unspecified atom stereocenters. The molecule has 0 saturated carbocycles. The van der Waals surface area contributed by atoms with E-state index < -0.39 is 5.97 Å². The van der Waals surface area contributed by atoms with Crippen molar-refractivity contribution in [3.8, 4) is 0 Å². The van der Waals surface area contributed by atoms with Gasteiger partial charge in [-0.3, -0.25) is 5.43 Å². The molecule has 0 radical (unpaired) electrons. The first-order valence-corrected chi connectivity index (χ1v) is 7.29. The van der Waals surface area contributed by atoms with E-state index in [-0.39, 0.29) is 11.6 Å². The van der Waals surface area contributed by atoms with E-state index in [9.17, 15) is 9.59 Å². The summed E-state index contributed by atoms with van der Waals surface area (Å²) in [6.45, 7) is 3.33. The van der Waals surface area contributed by atoms with Gasteiger partial charge in [0.25, 0.3) is 0 Å². The number of likely N-dealkylation sites (N-methyl/N-ethyl adjacent to an activating group) is 1. The molecule has 0 bridgehead atoms. The van der Waals surface area contributed by atoms with Crippen LogP contribution in [-0.2, 0) is 0 Å². The second-order valence-corrected chi connectivity index (χ2v) is 5.71. The average molecular weight is 357 g/mol. The number of piperazine rings is 1. The zero-order valence-corrected chi connectivity index (χ0v) is 13.2. The number of amides is 2. The summed E-state index contributed by atoms with van der Waals surface area (Å²) in [5, 5.41) is 13.4. The number of hydrazine groups is 1. The lowest BCUT2D eigenvalue weighted by atomic mass is 10.2. The van der Waals surface area contributed by atoms with Gasteiger partial charge < -0.3 is 15.3 Å². The van der Waals surface area contributed by atoms with Gasteiger partial charge in [0.05, 0.1) is 11.3 Å². The normalized spacial score (nSPS) is 16.5. The van der Waals surface area contributed by atoms with Crippen LogP contribution in [0.4, 0.5) is 10.5 Å². The van der Waals surface area contributed by atoms with Crippen molar-refractivity contribution in [1.82, 2.24) is 15.3 Å². The molecular weight excluding hydrogens is 340 g/mol. The van der Waals surface area contributed by atoms with Gasteiger partial charge in [0.15, 0.2) is 0 Å².